The number of likely N-dealkylation sites (N-methyl/N-ethyl adjacent to an activating group) is 1. The van der Waals surface area contributed by atoms with E-state index in [9.17, 15) is 23.5 Å². The van der Waals surface area contributed by atoms with E-state index in [1.807, 2.05) is 0 Å². The molecular formula is C19H14Cl2F2N2O3. The van der Waals surface area contributed by atoms with Gasteiger partial charge in [-0.05, 0) is 24.3 Å². The highest BCUT2D eigenvalue weighted by Gasteiger charge is 2.42. The van der Waals surface area contributed by atoms with Crippen LogP contribution in [-0.4, -0.2) is 42.0 Å². The quantitative estimate of drug-likeness (QED) is 0.743. The van der Waals surface area contributed by atoms with Crippen LogP contribution in [0.1, 0.15) is 5.56 Å². The molecule has 28 heavy (non-hydrogen) atoms. The minimum atomic E-state index is -1.19. The lowest BCUT2D eigenvalue weighted by Gasteiger charge is -2.20. The Hall–Kier alpha value is -2.48. The molecule has 1 aliphatic heterocycles. The molecule has 0 saturated heterocycles. The van der Waals surface area contributed by atoms with E-state index in [1.165, 1.54) is 30.1 Å². The summed E-state index contributed by atoms with van der Waals surface area (Å²) in [7, 11) is 1.52. The Morgan fingerprint density at radius 1 is 1.04 bits per heavy atom. The molecular weight excluding hydrogens is 413 g/mol. The van der Waals surface area contributed by atoms with Crippen molar-refractivity contribution in [1.29, 1.82) is 0 Å². The van der Waals surface area contributed by atoms with Gasteiger partial charge in [0.25, 0.3) is 11.8 Å². The minimum absolute atomic E-state index is 0.0204. The van der Waals surface area contributed by atoms with Gasteiger partial charge in [-0.1, -0.05) is 29.3 Å². The number of aliphatic hydroxyl groups is 1. The minimum Gasteiger partial charge on any atom is -0.395 e. The molecule has 1 N–H and O–H groups in total. The molecule has 0 bridgehead atoms. The highest BCUT2D eigenvalue weighted by molar-refractivity contribution is 6.47. The Morgan fingerprint density at radius 2 is 1.75 bits per heavy atom. The summed E-state index contributed by atoms with van der Waals surface area (Å²) in [5.41, 5.74) is 0.0959. The fourth-order valence-corrected chi connectivity index (χ4v) is 3.43. The van der Waals surface area contributed by atoms with Crippen molar-refractivity contribution in [3.05, 3.63) is 69.3 Å². The van der Waals surface area contributed by atoms with Gasteiger partial charge < -0.3 is 10.0 Å². The van der Waals surface area contributed by atoms with E-state index in [2.05, 4.69) is 0 Å². The first kappa shape index (κ1) is 20.3. The molecule has 0 atom stereocenters. The van der Waals surface area contributed by atoms with Crippen molar-refractivity contribution in [2.24, 2.45) is 0 Å². The molecule has 2 amide bonds. The molecule has 5 nitrogen and oxygen atoms in total. The highest BCUT2D eigenvalue weighted by atomic mass is 35.5. The second kappa shape index (κ2) is 7.87. The zero-order chi connectivity index (χ0) is 20.6. The smallest absolute Gasteiger partial charge is 0.282 e. The van der Waals surface area contributed by atoms with E-state index in [0.717, 1.165) is 23.1 Å². The van der Waals surface area contributed by atoms with Crippen LogP contribution in [0, 0.1) is 11.6 Å². The van der Waals surface area contributed by atoms with E-state index in [-0.39, 0.29) is 40.7 Å². The number of carbonyl (C=O) groups is 2. The van der Waals surface area contributed by atoms with Crippen LogP contribution in [-0.2, 0) is 9.59 Å². The van der Waals surface area contributed by atoms with Gasteiger partial charge in [-0.2, -0.15) is 0 Å². The zero-order valence-electron chi connectivity index (χ0n) is 14.5. The van der Waals surface area contributed by atoms with Gasteiger partial charge in [0.2, 0.25) is 0 Å². The maximum Gasteiger partial charge on any atom is 0.282 e. The van der Waals surface area contributed by atoms with Crippen LogP contribution in [0.3, 0.4) is 0 Å². The van der Waals surface area contributed by atoms with Gasteiger partial charge in [-0.15, -0.1) is 0 Å². The Labute approximate surface area is 169 Å². The average molecular weight is 427 g/mol. The van der Waals surface area contributed by atoms with Gasteiger partial charge in [-0.25, -0.2) is 13.7 Å². The molecule has 2 aromatic rings. The Morgan fingerprint density at radius 3 is 2.36 bits per heavy atom. The van der Waals surface area contributed by atoms with E-state index in [4.69, 9.17) is 23.2 Å². The number of amides is 2. The molecule has 2 aromatic carbocycles. The topological polar surface area (TPSA) is 60.9 Å². The van der Waals surface area contributed by atoms with Crippen LogP contribution in [0.25, 0.3) is 5.57 Å². The maximum atomic E-state index is 13.7. The Kier molecular flexibility index (Phi) is 5.69. The molecule has 0 saturated carbocycles. The number of aliphatic hydroxyl groups excluding tert-OH is 1. The molecule has 0 radical (unpaired) electrons. The molecule has 9 heteroatoms. The fourth-order valence-electron chi connectivity index (χ4n) is 2.93. The molecule has 146 valence electrons. The number of anilines is 1. The van der Waals surface area contributed by atoms with Crippen LogP contribution < -0.4 is 4.90 Å². The zero-order valence-corrected chi connectivity index (χ0v) is 16.1. The van der Waals surface area contributed by atoms with Crippen LogP contribution >= 0.6 is 23.2 Å². The Balaban J connectivity index is 2.18. The summed E-state index contributed by atoms with van der Waals surface area (Å²) < 4.78 is 27.0. The van der Waals surface area contributed by atoms with Crippen molar-refractivity contribution in [3.8, 4) is 0 Å². The van der Waals surface area contributed by atoms with E-state index < -0.39 is 23.4 Å². The monoisotopic (exact) mass is 426 g/mol. The van der Waals surface area contributed by atoms with Crippen molar-refractivity contribution < 1.29 is 23.5 Å². The summed E-state index contributed by atoms with van der Waals surface area (Å²) in [6, 6.07) is 7.15. The van der Waals surface area contributed by atoms with Crippen LogP contribution in [0.15, 0.2) is 42.1 Å². The summed E-state index contributed by atoms with van der Waals surface area (Å²) in [6.07, 6.45) is 0. The van der Waals surface area contributed by atoms with E-state index >= 15 is 0 Å². The lowest BCUT2D eigenvalue weighted by molar-refractivity contribution is -0.120. The predicted molar refractivity (Wildman–Crippen MR) is 102 cm³/mol. The summed E-state index contributed by atoms with van der Waals surface area (Å²) in [5, 5.41) is 9.72. The standard InChI is InChI=1S/C19H14Cl2F2N2O3/c1-24(6-7-26)17-16(12-4-2-10(20)8-13(12)21)18(27)25(19(17)28)11-3-5-14(22)15(23)9-11/h2-5,8-9,26H,6-7H2,1H3. The second-order valence-electron chi connectivity index (χ2n) is 6.04. The number of hydrogen-bond donors (Lipinski definition) is 1. The third-order valence-corrected chi connectivity index (χ3v) is 4.79. The van der Waals surface area contributed by atoms with Crippen molar-refractivity contribution in [2.45, 2.75) is 0 Å². The van der Waals surface area contributed by atoms with Crippen molar-refractivity contribution in [1.82, 2.24) is 4.90 Å². The first-order valence-electron chi connectivity index (χ1n) is 8.11. The third kappa shape index (κ3) is 3.48. The molecule has 0 aliphatic carbocycles. The van der Waals surface area contributed by atoms with Crippen molar-refractivity contribution in [2.75, 3.05) is 25.1 Å². The molecule has 1 aliphatic rings. The normalized spacial score (nSPS) is 14.3. The molecule has 1 heterocycles. The highest BCUT2D eigenvalue weighted by Crippen LogP contribution is 2.38. The molecule has 0 unspecified atom stereocenters. The number of imide groups is 1. The van der Waals surface area contributed by atoms with Gasteiger partial charge in [0.1, 0.15) is 5.70 Å². The third-order valence-electron chi connectivity index (χ3n) is 4.24. The summed E-state index contributed by atoms with van der Waals surface area (Å²) in [4.78, 5) is 28.3. The number of benzene rings is 2. The lowest BCUT2D eigenvalue weighted by Crippen LogP contribution is -2.35. The van der Waals surface area contributed by atoms with Gasteiger partial charge in [0.05, 0.1) is 22.9 Å². The molecule has 0 spiro atoms. The van der Waals surface area contributed by atoms with Crippen LogP contribution in [0.5, 0.6) is 0 Å². The number of carbonyl (C=O) groups excluding carboxylic acids is 2. The van der Waals surface area contributed by atoms with Crippen LogP contribution in [0.4, 0.5) is 14.5 Å². The van der Waals surface area contributed by atoms with Gasteiger partial charge >= 0.3 is 0 Å². The second-order valence-corrected chi connectivity index (χ2v) is 6.88. The summed E-state index contributed by atoms with van der Waals surface area (Å²) in [6.45, 7) is -0.205. The summed E-state index contributed by atoms with van der Waals surface area (Å²) in [5.74, 6) is -3.79. The number of halogens is 4. The number of nitrogens with zero attached hydrogens (tertiary/aromatic N) is 2. The van der Waals surface area contributed by atoms with E-state index in [0.29, 0.717) is 5.02 Å². The molecule has 3 rings (SSSR count). The SMILES string of the molecule is CN(CCO)C1=C(c2ccc(Cl)cc2Cl)C(=O)N(c2ccc(F)c(F)c2)C1=O. The summed E-state index contributed by atoms with van der Waals surface area (Å²) >= 11 is 12.1. The lowest BCUT2D eigenvalue weighted by atomic mass is 10.0. The van der Waals surface area contributed by atoms with Gasteiger partial charge in [-0.3, -0.25) is 9.59 Å². The van der Waals surface area contributed by atoms with Crippen molar-refractivity contribution in [3.63, 3.8) is 0 Å². The fraction of sp³-hybridized carbons (Fsp3) is 0.158. The first-order chi connectivity index (χ1) is 13.3. The first-order valence-corrected chi connectivity index (χ1v) is 8.87. The van der Waals surface area contributed by atoms with E-state index in [1.54, 1.807) is 0 Å². The van der Waals surface area contributed by atoms with Crippen molar-refractivity contribution >= 4 is 46.3 Å². The molecule has 0 fully saturated rings. The van der Waals surface area contributed by atoms with Gasteiger partial charge in [0, 0.05) is 30.2 Å². The number of hydrogen-bond acceptors (Lipinski definition) is 4. The van der Waals surface area contributed by atoms with Gasteiger partial charge in [0.15, 0.2) is 11.6 Å². The largest absolute Gasteiger partial charge is 0.395 e. The average Bonchev–Trinajstić information content (AvgIpc) is 2.88. The number of rotatable bonds is 5. The van der Waals surface area contributed by atoms with Crippen LogP contribution in [0.2, 0.25) is 10.0 Å². The molecule has 0 aromatic heterocycles. The maximum absolute atomic E-state index is 13.7. The predicted octanol–water partition coefficient (Wildman–Crippen LogP) is 3.48. The Bertz CT molecular complexity index is 1010.